The Morgan fingerprint density at radius 3 is 2.16 bits per heavy atom. The number of rotatable bonds is 8. The van der Waals surface area contributed by atoms with Gasteiger partial charge in [0.1, 0.15) is 0 Å². The van der Waals surface area contributed by atoms with E-state index in [0.29, 0.717) is 0 Å². The number of hydrogen-bond donors (Lipinski definition) is 0. The minimum absolute atomic E-state index is 1.04. The zero-order valence-corrected chi connectivity index (χ0v) is 12.7. The lowest BCUT2D eigenvalue weighted by Crippen LogP contribution is -1.84. The average molecular weight is 256 g/mol. The van der Waals surface area contributed by atoms with Crippen LogP contribution in [-0.4, -0.2) is 0 Å². The largest absolute Gasteiger partial charge is 0.0979 e. The maximum atomic E-state index is 3.29. The zero-order chi connectivity index (χ0) is 13.8. The summed E-state index contributed by atoms with van der Waals surface area (Å²) in [7, 11) is 0. The Hall–Kier alpha value is -1.22. The summed E-state index contributed by atoms with van der Waals surface area (Å²) in [4.78, 5) is 0. The van der Waals surface area contributed by atoms with Gasteiger partial charge in [0.2, 0.25) is 0 Å². The van der Waals surface area contributed by atoms with Crippen LogP contribution in [0.15, 0.2) is 24.3 Å². The smallest absolute Gasteiger partial charge is 0.0245 e. The molecule has 0 saturated heterocycles. The molecule has 0 fully saturated rings. The molecule has 0 spiro atoms. The third-order valence-corrected chi connectivity index (χ3v) is 3.41. The van der Waals surface area contributed by atoms with Crippen LogP contribution < -0.4 is 0 Å². The van der Waals surface area contributed by atoms with Crippen LogP contribution in [0.5, 0.6) is 0 Å². The van der Waals surface area contributed by atoms with Gasteiger partial charge in [0, 0.05) is 12.0 Å². The number of aryl methyl sites for hydroxylation is 1. The van der Waals surface area contributed by atoms with Crippen LogP contribution in [0.4, 0.5) is 0 Å². The van der Waals surface area contributed by atoms with Gasteiger partial charge in [-0.3, -0.25) is 0 Å². The maximum Gasteiger partial charge on any atom is 0.0245 e. The monoisotopic (exact) mass is 256 g/mol. The molecule has 0 aromatic heterocycles. The summed E-state index contributed by atoms with van der Waals surface area (Å²) in [6, 6.07) is 8.77. The molecule has 0 amide bonds. The van der Waals surface area contributed by atoms with Crippen molar-refractivity contribution in [3.8, 4) is 11.8 Å². The second-order valence-electron chi connectivity index (χ2n) is 5.27. The topological polar surface area (TPSA) is 0 Å². The van der Waals surface area contributed by atoms with Crippen LogP contribution in [0.3, 0.4) is 0 Å². The van der Waals surface area contributed by atoms with Crippen LogP contribution >= 0.6 is 0 Å². The molecule has 0 aliphatic heterocycles. The molecule has 0 nitrogen and oxygen atoms in total. The van der Waals surface area contributed by atoms with Crippen molar-refractivity contribution >= 4 is 0 Å². The second-order valence-corrected chi connectivity index (χ2v) is 5.27. The molecule has 0 bridgehead atoms. The maximum absolute atomic E-state index is 3.29. The Bertz CT molecular complexity index is 375. The average Bonchev–Trinajstić information content (AvgIpc) is 2.45. The van der Waals surface area contributed by atoms with Gasteiger partial charge < -0.3 is 0 Å². The summed E-state index contributed by atoms with van der Waals surface area (Å²) < 4.78 is 0. The number of benzene rings is 1. The number of unbranched alkanes of at least 4 members (excludes halogenated alkanes) is 6. The fourth-order valence-electron chi connectivity index (χ4n) is 2.12. The van der Waals surface area contributed by atoms with Crippen LogP contribution in [0.1, 0.15) is 76.3 Å². The SMILES string of the molecule is CCCCCCCC#Cc1ccc(CCCC)cc1. The molecule has 0 N–H and O–H groups in total. The predicted molar refractivity (Wildman–Crippen MR) is 85.3 cm³/mol. The minimum Gasteiger partial charge on any atom is -0.0979 e. The standard InChI is InChI=1S/C19H28/c1-3-5-7-8-9-10-11-13-19-16-14-18(15-17-19)12-6-4-2/h14-17H,3-10,12H2,1-2H3. The Balaban J connectivity index is 2.25. The van der Waals surface area contributed by atoms with Gasteiger partial charge in [0.15, 0.2) is 0 Å². The lowest BCUT2D eigenvalue weighted by Gasteiger charge is -1.99. The van der Waals surface area contributed by atoms with E-state index in [1.807, 2.05) is 0 Å². The van der Waals surface area contributed by atoms with Gasteiger partial charge in [0.05, 0.1) is 0 Å². The molecule has 0 atom stereocenters. The molecule has 19 heavy (non-hydrogen) atoms. The molecule has 0 unspecified atom stereocenters. The normalized spacial score (nSPS) is 10.0. The van der Waals surface area contributed by atoms with Gasteiger partial charge in [-0.15, -0.1) is 0 Å². The molecule has 1 aromatic carbocycles. The summed E-state index contributed by atoms with van der Waals surface area (Å²) in [6.45, 7) is 4.49. The van der Waals surface area contributed by atoms with Crippen LogP contribution in [0.25, 0.3) is 0 Å². The van der Waals surface area contributed by atoms with Crippen molar-refractivity contribution < 1.29 is 0 Å². The Kier molecular flexibility index (Phi) is 8.90. The highest BCUT2D eigenvalue weighted by atomic mass is 14.0. The molecule has 0 saturated carbocycles. The highest BCUT2D eigenvalue weighted by Crippen LogP contribution is 2.08. The third kappa shape index (κ3) is 7.73. The van der Waals surface area contributed by atoms with E-state index >= 15 is 0 Å². The Morgan fingerprint density at radius 1 is 0.789 bits per heavy atom. The molecule has 0 aliphatic carbocycles. The summed E-state index contributed by atoms with van der Waals surface area (Å²) in [5, 5.41) is 0. The molecule has 0 aliphatic rings. The number of hydrogen-bond acceptors (Lipinski definition) is 0. The Morgan fingerprint density at radius 2 is 1.47 bits per heavy atom. The van der Waals surface area contributed by atoms with E-state index in [9.17, 15) is 0 Å². The van der Waals surface area contributed by atoms with E-state index < -0.39 is 0 Å². The predicted octanol–water partition coefficient (Wildman–Crippen LogP) is 5.74. The molecular formula is C19H28. The van der Waals surface area contributed by atoms with Gasteiger partial charge >= 0.3 is 0 Å². The van der Waals surface area contributed by atoms with Crippen LogP contribution in [-0.2, 0) is 6.42 Å². The second kappa shape index (κ2) is 10.7. The van der Waals surface area contributed by atoms with Gasteiger partial charge in [-0.25, -0.2) is 0 Å². The summed E-state index contributed by atoms with van der Waals surface area (Å²) in [5.74, 6) is 6.56. The van der Waals surface area contributed by atoms with Gasteiger partial charge in [0.25, 0.3) is 0 Å². The van der Waals surface area contributed by atoms with Crippen LogP contribution in [0.2, 0.25) is 0 Å². The first-order valence-corrected chi connectivity index (χ1v) is 7.94. The van der Waals surface area contributed by atoms with Crippen molar-refractivity contribution in [2.75, 3.05) is 0 Å². The van der Waals surface area contributed by atoms with Crippen LogP contribution in [0, 0.1) is 11.8 Å². The molecule has 0 radical (unpaired) electrons. The van der Waals surface area contributed by atoms with Crippen molar-refractivity contribution in [1.29, 1.82) is 0 Å². The quantitative estimate of drug-likeness (QED) is 0.411. The fraction of sp³-hybridized carbons (Fsp3) is 0.579. The Labute approximate surface area is 119 Å². The third-order valence-electron chi connectivity index (χ3n) is 3.41. The lowest BCUT2D eigenvalue weighted by molar-refractivity contribution is 0.641. The van der Waals surface area contributed by atoms with Crippen molar-refractivity contribution in [2.24, 2.45) is 0 Å². The van der Waals surface area contributed by atoms with Gasteiger partial charge in [-0.05, 0) is 37.0 Å². The molecule has 104 valence electrons. The lowest BCUT2D eigenvalue weighted by atomic mass is 10.1. The van der Waals surface area contributed by atoms with E-state index in [0.717, 1.165) is 12.0 Å². The first-order chi connectivity index (χ1) is 9.36. The first kappa shape index (κ1) is 15.8. The van der Waals surface area contributed by atoms with Gasteiger partial charge in [-0.1, -0.05) is 69.9 Å². The van der Waals surface area contributed by atoms with Crippen molar-refractivity contribution in [2.45, 2.75) is 71.6 Å². The molecule has 1 rings (SSSR count). The van der Waals surface area contributed by atoms with Crippen molar-refractivity contribution in [3.05, 3.63) is 35.4 Å². The van der Waals surface area contributed by atoms with E-state index in [4.69, 9.17) is 0 Å². The van der Waals surface area contributed by atoms with Crippen molar-refractivity contribution in [1.82, 2.24) is 0 Å². The first-order valence-electron chi connectivity index (χ1n) is 7.94. The molecule has 0 heterocycles. The molecule has 1 aromatic rings. The minimum atomic E-state index is 1.04. The van der Waals surface area contributed by atoms with E-state index in [-0.39, 0.29) is 0 Å². The molecule has 0 heteroatoms. The van der Waals surface area contributed by atoms with Gasteiger partial charge in [-0.2, -0.15) is 0 Å². The summed E-state index contributed by atoms with van der Waals surface area (Å²) >= 11 is 0. The summed E-state index contributed by atoms with van der Waals surface area (Å²) in [5.41, 5.74) is 2.60. The van der Waals surface area contributed by atoms with E-state index in [1.54, 1.807) is 0 Å². The van der Waals surface area contributed by atoms with E-state index in [2.05, 4.69) is 50.0 Å². The molecular weight excluding hydrogens is 228 g/mol. The summed E-state index contributed by atoms with van der Waals surface area (Å²) in [6.07, 6.45) is 11.4. The van der Waals surface area contributed by atoms with E-state index in [1.165, 1.54) is 56.9 Å². The highest BCUT2D eigenvalue weighted by molar-refractivity contribution is 5.36. The zero-order valence-electron chi connectivity index (χ0n) is 12.7. The highest BCUT2D eigenvalue weighted by Gasteiger charge is 1.92. The van der Waals surface area contributed by atoms with Crippen molar-refractivity contribution in [3.63, 3.8) is 0 Å². The fourth-order valence-corrected chi connectivity index (χ4v) is 2.12.